The number of ether oxygens (including phenoxy) is 2. The number of para-hydroxylation sites is 1. The van der Waals surface area contributed by atoms with Crippen LogP contribution in [0.4, 0.5) is 5.69 Å². The summed E-state index contributed by atoms with van der Waals surface area (Å²) in [6, 6.07) is 18.5. The van der Waals surface area contributed by atoms with E-state index in [2.05, 4.69) is 14.7 Å². The van der Waals surface area contributed by atoms with Gasteiger partial charge in [0.05, 0.1) is 7.11 Å². The molecule has 0 atom stereocenters. The quantitative estimate of drug-likeness (QED) is 0.467. The van der Waals surface area contributed by atoms with E-state index in [9.17, 15) is 8.42 Å². The summed E-state index contributed by atoms with van der Waals surface area (Å²) in [5.74, 6) is 2.43. The largest absolute Gasteiger partial charge is 0.495 e. The summed E-state index contributed by atoms with van der Waals surface area (Å²) in [4.78, 5) is 8.77. The lowest BCUT2D eigenvalue weighted by molar-refractivity contribution is 0.403. The summed E-state index contributed by atoms with van der Waals surface area (Å²) in [6.07, 6.45) is 3.77. The number of sulfonamides is 1. The number of benzene rings is 2. The predicted octanol–water partition coefficient (Wildman–Crippen LogP) is 4.18. The molecule has 0 fully saturated rings. The van der Waals surface area contributed by atoms with Crippen molar-refractivity contribution in [3.63, 3.8) is 0 Å². The molecule has 0 bridgehead atoms. The zero-order valence-corrected chi connectivity index (χ0v) is 17.7. The van der Waals surface area contributed by atoms with Crippen molar-refractivity contribution in [3.8, 4) is 23.2 Å². The molecule has 0 radical (unpaired) electrons. The molecule has 8 nitrogen and oxygen atoms in total. The normalized spacial score (nSPS) is 11.2. The van der Waals surface area contributed by atoms with Gasteiger partial charge in [0.25, 0.3) is 10.0 Å². The van der Waals surface area contributed by atoms with Crippen LogP contribution in [-0.2, 0) is 10.0 Å². The Morgan fingerprint density at radius 2 is 1.65 bits per heavy atom. The maximum Gasteiger partial charge on any atom is 0.265 e. The van der Waals surface area contributed by atoms with Gasteiger partial charge in [-0.25, -0.2) is 13.4 Å². The van der Waals surface area contributed by atoms with Crippen molar-refractivity contribution < 1.29 is 17.9 Å². The van der Waals surface area contributed by atoms with E-state index >= 15 is 0 Å². The van der Waals surface area contributed by atoms with Gasteiger partial charge < -0.3 is 14.0 Å². The molecule has 0 saturated carbocycles. The Labute approximate surface area is 180 Å². The highest BCUT2D eigenvalue weighted by atomic mass is 32.2. The van der Waals surface area contributed by atoms with Crippen LogP contribution in [0.3, 0.4) is 0 Å². The van der Waals surface area contributed by atoms with Crippen LogP contribution >= 0.6 is 0 Å². The standard InChI is InChI=1S/C22H20N4O4S/c1-16-23-21(26-13-5-6-14-26)15-22(24-16)30-18-11-9-17(10-12-18)25-31(27,28)20-8-4-3-7-19(20)29-2/h3-15,25H,1-2H3. The Hall–Kier alpha value is -3.85. The van der Waals surface area contributed by atoms with Crippen LogP contribution in [0.25, 0.3) is 5.82 Å². The fourth-order valence-electron chi connectivity index (χ4n) is 2.96. The maximum atomic E-state index is 12.7. The van der Waals surface area contributed by atoms with Gasteiger partial charge in [0, 0.05) is 24.1 Å². The van der Waals surface area contributed by atoms with Gasteiger partial charge in [0.15, 0.2) is 0 Å². The number of nitrogens with zero attached hydrogens (tertiary/aromatic N) is 3. The summed E-state index contributed by atoms with van der Waals surface area (Å²) in [5.41, 5.74) is 0.394. The van der Waals surface area contributed by atoms with Crippen molar-refractivity contribution in [3.05, 3.63) is 84.9 Å². The highest BCUT2D eigenvalue weighted by Gasteiger charge is 2.19. The van der Waals surface area contributed by atoms with Crippen LogP contribution in [0, 0.1) is 6.92 Å². The number of hydrogen-bond acceptors (Lipinski definition) is 6. The molecular weight excluding hydrogens is 416 g/mol. The van der Waals surface area contributed by atoms with Crippen LogP contribution in [0.1, 0.15) is 5.82 Å². The van der Waals surface area contributed by atoms with Crippen LogP contribution in [0.15, 0.2) is 84.0 Å². The SMILES string of the molecule is COc1ccccc1S(=O)(=O)Nc1ccc(Oc2cc(-n3cccc3)nc(C)n2)cc1. The zero-order chi connectivity index (χ0) is 21.8. The van der Waals surface area contributed by atoms with E-state index in [-0.39, 0.29) is 10.6 Å². The number of aromatic nitrogens is 3. The zero-order valence-electron chi connectivity index (χ0n) is 16.9. The molecule has 0 amide bonds. The first-order valence-electron chi connectivity index (χ1n) is 9.37. The minimum Gasteiger partial charge on any atom is -0.495 e. The van der Waals surface area contributed by atoms with Crippen molar-refractivity contribution in [2.75, 3.05) is 11.8 Å². The number of anilines is 1. The molecule has 0 aliphatic heterocycles. The third-order valence-corrected chi connectivity index (χ3v) is 5.78. The van der Waals surface area contributed by atoms with Crippen molar-refractivity contribution in [1.29, 1.82) is 0 Å². The molecule has 0 aliphatic rings. The third-order valence-electron chi connectivity index (χ3n) is 4.36. The number of rotatable bonds is 7. The van der Waals surface area contributed by atoms with E-state index in [1.54, 1.807) is 55.5 Å². The summed E-state index contributed by atoms with van der Waals surface area (Å²) in [7, 11) is -2.38. The average Bonchev–Trinajstić information content (AvgIpc) is 3.30. The van der Waals surface area contributed by atoms with Gasteiger partial charge in [-0.2, -0.15) is 4.98 Å². The molecule has 0 spiro atoms. The van der Waals surface area contributed by atoms with Gasteiger partial charge in [0.1, 0.15) is 28.0 Å². The third kappa shape index (κ3) is 4.67. The maximum absolute atomic E-state index is 12.7. The Kier molecular flexibility index (Phi) is 5.59. The van der Waals surface area contributed by atoms with E-state index in [0.717, 1.165) is 0 Å². The van der Waals surface area contributed by atoms with Crippen LogP contribution in [0.5, 0.6) is 17.4 Å². The lowest BCUT2D eigenvalue weighted by Gasteiger charge is -2.12. The minimum atomic E-state index is -3.80. The number of hydrogen-bond donors (Lipinski definition) is 1. The Balaban J connectivity index is 1.52. The Morgan fingerprint density at radius 1 is 0.935 bits per heavy atom. The summed E-state index contributed by atoms with van der Waals surface area (Å²) in [6.45, 7) is 1.79. The topological polar surface area (TPSA) is 95.3 Å². The molecule has 2 aromatic carbocycles. The number of nitrogens with one attached hydrogen (secondary N) is 1. The van der Waals surface area contributed by atoms with E-state index in [0.29, 0.717) is 29.0 Å². The van der Waals surface area contributed by atoms with E-state index in [1.807, 2.05) is 29.1 Å². The lowest BCUT2D eigenvalue weighted by Crippen LogP contribution is -2.13. The summed E-state index contributed by atoms with van der Waals surface area (Å²) in [5, 5.41) is 0. The summed E-state index contributed by atoms with van der Waals surface area (Å²) < 4.78 is 40.8. The van der Waals surface area contributed by atoms with Gasteiger partial charge in [-0.05, 0) is 55.5 Å². The second kappa shape index (κ2) is 8.49. The molecule has 158 valence electrons. The molecule has 9 heteroatoms. The fourth-order valence-corrected chi connectivity index (χ4v) is 4.19. The first-order valence-corrected chi connectivity index (χ1v) is 10.9. The van der Waals surface area contributed by atoms with Gasteiger partial charge >= 0.3 is 0 Å². The number of aryl methyl sites for hydroxylation is 1. The Morgan fingerprint density at radius 3 is 2.35 bits per heavy atom. The van der Waals surface area contributed by atoms with Gasteiger partial charge in [0.2, 0.25) is 5.88 Å². The van der Waals surface area contributed by atoms with Crippen molar-refractivity contribution in [2.24, 2.45) is 0 Å². The molecule has 1 N–H and O–H groups in total. The van der Waals surface area contributed by atoms with Gasteiger partial charge in [-0.15, -0.1) is 0 Å². The van der Waals surface area contributed by atoms with Gasteiger partial charge in [-0.1, -0.05) is 12.1 Å². The van der Waals surface area contributed by atoms with Crippen LogP contribution < -0.4 is 14.2 Å². The van der Waals surface area contributed by atoms with Crippen molar-refractivity contribution in [2.45, 2.75) is 11.8 Å². The lowest BCUT2D eigenvalue weighted by atomic mass is 10.3. The van der Waals surface area contributed by atoms with E-state index in [4.69, 9.17) is 9.47 Å². The first kappa shape index (κ1) is 20.4. The Bertz CT molecular complexity index is 1290. The number of methoxy groups -OCH3 is 1. The minimum absolute atomic E-state index is 0.0619. The molecule has 0 unspecified atom stereocenters. The van der Waals surface area contributed by atoms with E-state index < -0.39 is 10.0 Å². The monoisotopic (exact) mass is 436 g/mol. The van der Waals surface area contributed by atoms with Crippen LogP contribution in [-0.4, -0.2) is 30.1 Å². The molecule has 2 heterocycles. The second-order valence-corrected chi connectivity index (χ2v) is 8.24. The highest BCUT2D eigenvalue weighted by Crippen LogP contribution is 2.27. The summed E-state index contributed by atoms with van der Waals surface area (Å²) >= 11 is 0. The molecular formula is C22H20N4O4S. The molecule has 2 aromatic heterocycles. The molecule has 31 heavy (non-hydrogen) atoms. The molecule has 4 rings (SSSR count). The van der Waals surface area contributed by atoms with Crippen LogP contribution in [0.2, 0.25) is 0 Å². The smallest absolute Gasteiger partial charge is 0.265 e. The molecule has 0 aliphatic carbocycles. The highest BCUT2D eigenvalue weighted by molar-refractivity contribution is 7.92. The predicted molar refractivity (Wildman–Crippen MR) is 116 cm³/mol. The van der Waals surface area contributed by atoms with E-state index in [1.165, 1.54) is 13.2 Å². The fraction of sp³-hybridized carbons (Fsp3) is 0.0909. The van der Waals surface area contributed by atoms with Gasteiger partial charge in [-0.3, -0.25) is 4.72 Å². The molecule has 0 saturated heterocycles. The van der Waals surface area contributed by atoms with Crippen molar-refractivity contribution in [1.82, 2.24) is 14.5 Å². The second-order valence-electron chi connectivity index (χ2n) is 6.58. The molecule has 4 aromatic rings. The average molecular weight is 436 g/mol. The van der Waals surface area contributed by atoms with Crippen molar-refractivity contribution >= 4 is 15.7 Å². The first-order chi connectivity index (χ1) is 14.9.